The molecule has 2 rings (SSSR count). The van der Waals surface area contributed by atoms with Gasteiger partial charge in [0.05, 0.1) is 0 Å². The molecule has 0 aliphatic carbocycles. The molecular weight excluding hydrogens is 292 g/mol. The number of rotatable bonds is 4. The molecule has 0 aliphatic heterocycles. The molecule has 112 valence electrons. The second-order valence-electron chi connectivity index (χ2n) is 5.42. The zero-order chi connectivity index (χ0) is 15.6. The second-order valence-corrected chi connectivity index (χ2v) is 5.85. The highest BCUT2D eigenvalue weighted by atomic mass is 35.5. The number of benzene rings is 2. The van der Waals surface area contributed by atoms with Crippen molar-refractivity contribution in [1.29, 1.82) is 0 Å². The maximum Gasteiger partial charge on any atom is 0.133 e. The van der Waals surface area contributed by atoms with Gasteiger partial charge < -0.3 is 5.32 Å². The smallest absolute Gasteiger partial charge is 0.133 e. The largest absolute Gasteiger partial charge is 0.310 e. The third kappa shape index (κ3) is 3.80. The van der Waals surface area contributed by atoms with Gasteiger partial charge in [-0.05, 0) is 41.8 Å². The maximum atomic E-state index is 14.1. The van der Waals surface area contributed by atoms with Crippen LogP contribution in [0.15, 0.2) is 30.3 Å². The molecule has 0 fully saturated rings. The molecular formula is C17H18ClF2N. The zero-order valence-corrected chi connectivity index (χ0v) is 13.1. The minimum absolute atomic E-state index is 0.313. The lowest BCUT2D eigenvalue weighted by Crippen LogP contribution is -2.22. The minimum Gasteiger partial charge on any atom is -0.310 e. The summed E-state index contributed by atoms with van der Waals surface area (Å²) >= 11 is 6.04. The summed E-state index contributed by atoms with van der Waals surface area (Å²) in [5.41, 5.74) is 2.40. The van der Waals surface area contributed by atoms with Crippen molar-refractivity contribution >= 4 is 11.6 Å². The summed E-state index contributed by atoms with van der Waals surface area (Å²) in [6.07, 6.45) is 0. The average molecular weight is 310 g/mol. The Bertz CT molecular complexity index is 653. The van der Waals surface area contributed by atoms with Crippen LogP contribution in [-0.2, 0) is 6.54 Å². The summed E-state index contributed by atoms with van der Waals surface area (Å²) < 4.78 is 27.6. The summed E-state index contributed by atoms with van der Waals surface area (Å²) in [7, 11) is 0. The highest BCUT2D eigenvalue weighted by Gasteiger charge is 2.13. The highest BCUT2D eigenvalue weighted by molar-refractivity contribution is 6.30. The van der Waals surface area contributed by atoms with Gasteiger partial charge in [-0.15, -0.1) is 0 Å². The lowest BCUT2D eigenvalue weighted by atomic mass is 9.97. The van der Waals surface area contributed by atoms with Gasteiger partial charge in [-0.25, -0.2) is 8.78 Å². The molecule has 0 saturated heterocycles. The van der Waals surface area contributed by atoms with Crippen LogP contribution < -0.4 is 5.32 Å². The molecule has 0 amide bonds. The van der Waals surface area contributed by atoms with Crippen molar-refractivity contribution < 1.29 is 8.78 Å². The molecule has 0 saturated carbocycles. The van der Waals surface area contributed by atoms with Crippen LogP contribution >= 0.6 is 11.6 Å². The summed E-state index contributed by atoms with van der Waals surface area (Å²) in [6.45, 7) is 6.30. The van der Waals surface area contributed by atoms with E-state index in [1.165, 1.54) is 6.07 Å². The van der Waals surface area contributed by atoms with Gasteiger partial charge in [0, 0.05) is 29.2 Å². The van der Waals surface area contributed by atoms with E-state index in [4.69, 9.17) is 11.6 Å². The van der Waals surface area contributed by atoms with E-state index in [0.29, 0.717) is 34.3 Å². The minimum atomic E-state index is -0.578. The first-order valence-electron chi connectivity index (χ1n) is 6.86. The van der Waals surface area contributed by atoms with Crippen LogP contribution in [0.2, 0.25) is 5.02 Å². The molecule has 0 atom stereocenters. The van der Waals surface area contributed by atoms with Crippen molar-refractivity contribution in [3.8, 4) is 11.1 Å². The molecule has 0 unspecified atom stereocenters. The Morgan fingerprint density at radius 3 is 2.43 bits per heavy atom. The zero-order valence-electron chi connectivity index (χ0n) is 12.3. The predicted molar refractivity (Wildman–Crippen MR) is 83.5 cm³/mol. The Hall–Kier alpha value is -1.45. The van der Waals surface area contributed by atoms with Crippen LogP contribution in [-0.4, -0.2) is 6.04 Å². The van der Waals surface area contributed by atoms with Gasteiger partial charge in [0.25, 0.3) is 0 Å². The van der Waals surface area contributed by atoms with Crippen LogP contribution in [0.25, 0.3) is 11.1 Å². The van der Waals surface area contributed by atoms with Crippen LogP contribution in [0.4, 0.5) is 8.78 Å². The molecule has 4 heteroatoms. The van der Waals surface area contributed by atoms with Crippen molar-refractivity contribution in [3.05, 3.63) is 58.1 Å². The van der Waals surface area contributed by atoms with E-state index in [1.54, 1.807) is 19.1 Å². The van der Waals surface area contributed by atoms with E-state index < -0.39 is 11.6 Å². The van der Waals surface area contributed by atoms with Crippen molar-refractivity contribution in [2.45, 2.75) is 33.4 Å². The van der Waals surface area contributed by atoms with Gasteiger partial charge in [-0.3, -0.25) is 0 Å². The third-order valence-corrected chi connectivity index (χ3v) is 3.55. The standard InChI is InChI=1S/C17H18ClF2N/c1-10(2)21-9-12-4-5-13(18)7-14(12)15-6-11(3)16(19)8-17(15)20/h4-8,10,21H,9H2,1-3H3. The molecule has 0 heterocycles. The Kier molecular flexibility index (Phi) is 4.96. The monoisotopic (exact) mass is 309 g/mol. The third-order valence-electron chi connectivity index (χ3n) is 3.31. The SMILES string of the molecule is Cc1cc(-c2cc(Cl)ccc2CNC(C)C)c(F)cc1F. The summed E-state index contributed by atoms with van der Waals surface area (Å²) in [5.74, 6) is -1.12. The van der Waals surface area contributed by atoms with Gasteiger partial charge >= 0.3 is 0 Å². The summed E-state index contributed by atoms with van der Waals surface area (Å²) in [4.78, 5) is 0. The van der Waals surface area contributed by atoms with E-state index in [9.17, 15) is 8.78 Å². The van der Waals surface area contributed by atoms with Gasteiger partial charge in [-0.1, -0.05) is 31.5 Å². The van der Waals surface area contributed by atoms with Crippen molar-refractivity contribution in [2.24, 2.45) is 0 Å². The van der Waals surface area contributed by atoms with E-state index in [0.717, 1.165) is 11.6 Å². The number of nitrogens with one attached hydrogen (secondary N) is 1. The molecule has 2 aromatic carbocycles. The van der Waals surface area contributed by atoms with Gasteiger partial charge in [0.2, 0.25) is 0 Å². The van der Waals surface area contributed by atoms with Crippen molar-refractivity contribution in [1.82, 2.24) is 5.32 Å². The normalized spacial score (nSPS) is 11.2. The predicted octanol–water partition coefficient (Wildman–Crippen LogP) is 5.09. The number of hydrogen-bond acceptors (Lipinski definition) is 1. The van der Waals surface area contributed by atoms with Crippen LogP contribution in [0.5, 0.6) is 0 Å². The molecule has 2 aromatic rings. The van der Waals surface area contributed by atoms with E-state index in [1.807, 2.05) is 19.9 Å². The Balaban J connectivity index is 2.51. The first-order valence-corrected chi connectivity index (χ1v) is 7.24. The fourth-order valence-electron chi connectivity index (χ4n) is 2.13. The molecule has 0 spiro atoms. The van der Waals surface area contributed by atoms with E-state index in [2.05, 4.69) is 5.32 Å². The summed E-state index contributed by atoms with van der Waals surface area (Å²) in [6, 6.07) is 8.12. The number of halogens is 3. The first-order chi connectivity index (χ1) is 9.88. The van der Waals surface area contributed by atoms with Crippen LogP contribution in [0.1, 0.15) is 25.0 Å². The maximum absolute atomic E-state index is 14.1. The van der Waals surface area contributed by atoms with Crippen molar-refractivity contribution in [3.63, 3.8) is 0 Å². The second kappa shape index (κ2) is 6.54. The summed E-state index contributed by atoms with van der Waals surface area (Å²) in [5, 5.41) is 3.82. The Morgan fingerprint density at radius 1 is 1.05 bits per heavy atom. The quantitative estimate of drug-likeness (QED) is 0.829. The molecule has 0 radical (unpaired) electrons. The topological polar surface area (TPSA) is 12.0 Å². The van der Waals surface area contributed by atoms with Crippen LogP contribution in [0.3, 0.4) is 0 Å². The van der Waals surface area contributed by atoms with Crippen LogP contribution in [0, 0.1) is 18.6 Å². The molecule has 0 bridgehead atoms. The Morgan fingerprint density at radius 2 is 1.76 bits per heavy atom. The lowest BCUT2D eigenvalue weighted by Gasteiger charge is -2.14. The van der Waals surface area contributed by atoms with Gasteiger partial charge in [0.15, 0.2) is 0 Å². The molecule has 21 heavy (non-hydrogen) atoms. The van der Waals surface area contributed by atoms with Crippen molar-refractivity contribution in [2.75, 3.05) is 0 Å². The fraction of sp³-hybridized carbons (Fsp3) is 0.294. The molecule has 0 aromatic heterocycles. The van der Waals surface area contributed by atoms with E-state index >= 15 is 0 Å². The highest BCUT2D eigenvalue weighted by Crippen LogP contribution is 2.31. The molecule has 1 nitrogen and oxygen atoms in total. The fourth-order valence-corrected chi connectivity index (χ4v) is 2.30. The van der Waals surface area contributed by atoms with Gasteiger partial charge in [-0.2, -0.15) is 0 Å². The van der Waals surface area contributed by atoms with Gasteiger partial charge in [0.1, 0.15) is 11.6 Å². The number of aryl methyl sites for hydroxylation is 1. The average Bonchev–Trinajstić information content (AvgIpc) is 2.41. The Labute approximate surface area is 128 Å². The van der Waals surface area contributed by atoms with E-state index in [-0.39, 0.29) is 0 Å². The lowest BCUT2D eigenvalue weighted by molar-refractivity contribution is 0.578. The molecule has 0 aliphatic rings. The first kappa shape index (κ1) is 15.9. The number of hydrogen-bond donors (Lipinski definition) is 1. The molecule has 1 N–H and O–H groups in total.